The van der Waals surface area contributed by atoms with Gasteiger partial charge in [0.1, 0.15) is 0 Å². The molecule has 1 heterocycles. The lowest BCUT2D eigenvalue weighted by Crippen LogP contribution is -2.09. The number of aromatic nitrogens is 2. The summed E-state index contributed by atoms with van der Waals surface area (Å²) in [5.74, 6) is 0. The van der Waals surface area contributed by atoms with Gasteiger partial charge >= 0.3 is 0 Å². The first-order valence-electron chi connectivity index (χ1n) is 3.83. The van der Waals surface area contributed by atoms with Crippen molar-refractivity contribution in [3.05, 3.63) is 38.7 Å². The monoisotopic (exact) mass is 238 g/mol. The highest BCUT2D eigenvalue weighted by Crippen LogP contribution is 2.18. The molecular weight excluding hydrogens is 232 g/mol. The second-order valence-corrected chi connectivity index (χ2v) is 3.74. The quantitative estimate of drug-likeness (QED) is 0.764. The minimum Gasteiger partial charge on any atom is -0.267 e. The van der Waals surface area contributed by atoms with Crippen LogP contribution >= 0.6 is 15.9 Å². The van der Waals surface area contributed by atoms with E-state index < -0.39 is 0 Å². The van der Waals surface area contributed by atoms with Gasteiger partial charge in [-0.1, -0.05) is 15.9 Å². The third-order valence-electron chi connectivity index (χ3n) is 1.94. The highest BCUT2D eigenvalue weighted by Gasteiger charge is 2.02. The van der Waals surface area contributed by atoms with Crippen molar-refractivity contribution in [2.75, 3.05) is 0 Å². The standard InChI is InChI=1S/C9H7BrN2O/c1-5-8-4-6(10)2-3-7(8)9(13)12-11-5/h2-4H,1H3,(H,12,13). The third-order valence-corrected chi connectivity index (χ3v) is 2.43. The number of benzene rings is 1. The summed E-state index contributed by atoms with van der Waals surface area (Å²) in [5.41, 5.74) is 0.684. The summed E-state index contributed by atoms with van der Waals surface area (Å²) >= 11 is 3.35. The van der Waals surface area contributed by atoms with Crippen LogP contribution in [0.1, 0.15) is 5.69 Å². The molecule has 0 bridgehead atoms. The van der Waals surface area contributed by atoms with E-state index >= 15 is 0 Å². The molecule has 0 aliphatic heterocycles. The van der Waals surface area contributed by atoms with E-state index in [0.29, 0.717) is 5.39 Å². The Morgan fingerprint density at radius 2 is 2.15 bits per heavy atom. The van der Waals surface area contributed by atoms with Gasteiger partial charge in [0.15, 0.2) is 0 Å². The van der Waals surface area contributed by atoms with Crippen molar-refractivity contribution in [2.45, 2.75) is 6.92 Å². The Hall–Kier alpha value is -1.16. The molecule has 0 fully saturated rings. The van der Waals surface area contributed by atoms with Crippen LogP contribution in [0.15, 0.2) is 27.5 Å². The summed E-state index contributed by atoms with van der Waals surface area (Å²) in [7, 11) is 0. The SMILES string of the molecule is Cc1n[nH]c(=O)c2ccc(Br)cc12. The number of hydrogen-bond donors (Lipinski definition) is 1. The van der Waals surface area contributed by atoms with Gasteiger partial charge in [-0.15, -0.1) is 0 Å². The Bertz CT molecular complexity index is 518. The second-order valence-electron chi connectivity index (χ2n) is 2.83. The third kappa shape index (κ3) is 1.37. The van der Waals surface area contributed by atoms with E-state index in [-0.39, 0.29) is 5.56 Å². The maximum atomic E-state index is 11.3. The molecule has 4 heteroatoms. The summed E-state index contributed by atoms with van der Waals surface area (Å²) in [6, 6.07) is 5.52. The first-order chi connectivity index (χ1) is 6.18. The Labute approximate surface area is 82.9 Å². The van der Waals surface area contributed by atoms with Gasteiger partial charge in [0.25, 0.3) is 5.56 Å². The highest BCUT2D eigenvalue weighted by atomic mass is 79.9. The number of hydrogen-bond acceptors (Lipinski definition) is 2. The van der Waals surface area contributed by atoms with Crippen molar-refractivity contribution in [2.24, 2.45) is 0 Å². The molecule has 0 amide bonds. The molecule has 0 spiro atoms. The largest absolute Gasteiger partial charge is 0.272 e. The molecule has 0 saturated heterocycles. The van der Waals surface area contributed by atoms with Crippen LogP contribution in [0.25, 0.3) is 10.8 Å². The predicted molar refractivity (Wildman–Crippen MR) is 54.8 cm³/mol. The molecular formula is C9H7BrN2O. The van der Waals surface area contributed by atoms with E-state index in [9.17, 15) is 4.79 Å². The van der Waals surface area contributed by atoms with Crippen LogP contribution in [0.2, 0.25) is 0 Å². The summed E-state index contributed by atoms with van der Waals surface area (Å²) in [6.45, 7) is 1.87. The molecule has 66 valence electrons. The van der Waals surface area contributed by atoms with Gasteiger partial charge < -0.3 is 0 Å². The van der Waals surface area contributed by atoms with Gasteiger partial charge in [0.2, 0.25) is 0 Å². The van der Waals surface area contributed by atoms with Crippen molar-refractivity contribution in [3.63, 3.8) is 0 Å². The molecule has 0 aliphatic rings. The number of aryl methyl sites for hydroxylation is 1. The van der Waals surface area contributed by atoms with E-state index in [4.69, 9.17) is 0 Å². The first kappa shape index (κ1) is 8.44. The zero-order chi connectivity index (χ0) is 9.42. The van der Waals surface area contributed by atoms with Crippen molar-refractivity contribution < 1.29 is 0 Å². The lowest BCUT2D eigenvalue weighted by atomic mass is 10.1. The minimum atomic E-state index is -0.145. The molecule has 1 aromatic heterocycles. The highest BCUT2D eigenvalue weighted by molar-refractivity contribution is 9.10. The van der Waals surface area contributed by atoms with Crippen LogP contribution in [-0.2, 0) is 0 Å². The van der Waals surface area contributed by atoms with E-state index in [2.05, 4.69) is 26.1 Å². The first-order valence-corrected chi connectivity index (χ1v) is 4.62. The van der Waals surface area contributed by atoms with E-state index in [1.807, 2.05) is 19.1 Å². The van der Waals surface area contributed by atoms with Crippen molar-refractivity contribution in [1.82, 2.24) is 10.2 Å². The van der Waals surface area contributed by atoms with Crippen LogP contribution in [0.4, 0.5) is 0 Å². The molecule has 2 aromatic rings. The zero-order valence-electron chi connectivity index (χ0n) is 6.97. The van der Waals surface area contributed by atoms with Gasteiger partial charge in [-0.05, 0) is 25.1 Å². The van der Waals surface area contributed by atoms with Crippen molar-refractivity contribution in [1.29, 1.82) is 0 Å². The molecule has 13 heavy (non-hydrogen) atoms. The number of H-pyrrole nitrogens is 1. The maximum Gasteiger partial charge on any atom is 0.272 e. The van der Waals surface area contributed by atoms with Gasteiger partial charge in [-0.25, -0.2) is 5.10 Å². The number of rotatable bonds is 0. The molecule has 1 aromatic carbocycles. The van der Waals surface area contributed by atoms with Crippen LogP contribution < -0.4 is 5.56 Å². The number of aromatic amines is 1. The molecule has 0 unspecified atom stereocenters. The van der Waals surface area contributed by atoms with Crippen molar-refractivity contribution in [3.8, 4) is 0 Å². The van der Waals surface area contributed by atoms with Crippen LogP contribution in [-0.4, -0.2) is 10.2 Å². The number of nitrogens with zero attached hydrogens (tertiary/aromatic N) is 1. The van der Waals surface area contributed by atoms with Crippen LogP contribution in [0.5, 0.6) is 0 Å². The average molecular weight is 239 g/mol. The van der Waals surface area contributed by atoms with Crippen LogP contribution in [0, 0.1) is 6.92 Å². The number of nitrogens with one attached hydrogen (secondary N) is 1. The van der Waals surface area contributed by atoms with E-state index in [1.165, 1.54) is 0 Å². The van der Waals surface area contributed by atoms with Gasteiger partial charge in [0, 0.05) is 9.86 Å². The van der Waals surface area contributed by atoms with Crippen LogP contribution in [0.3, 0.4) is 0 Å². The Kier molecular flexibility index (Phi) is 1.92. The normalized spacial score (nSPS) is 10.6. The summed E-state index contributed by atoms with van der Waals surface area (Å²) in [6.07, 6.45) is 0. The Morgan fingerprint density at radius 1 is 1.38 bits per heavy atom. The summed E-state index contributed by atoms with van der Waals surface area (Å²) in [4.78, 5) is 11.3. The fourth-order valence-corrected chi connectivity index (χ4v) is 1.63. The summed E-state index contributed by atoms with van der Waals surface area (Å²) in [5, 5.41) is 7.89. The molecule has 0 atom stereocenters. The van der Waals surface area contributed by atoms with E-state index in [1.54, 1.807) is 6.07 Å². The average Bonchev–Trinajstić information content (AvgIpc) is 2.12. The molecule has 2 rings (SSSR count). The lowest BCUT2D eigenvalue weighted by Gasteiger charge is -1.99. The molecule has 0 radical (unpaired) electrons. The van der Waals surface area contributed by atoms with Gasteiger partial charge in [-0.3, -0.25) is 4.79 Å². The number of fused-ring (bicyclic) bond motifs is 1. The molecule has 1 N–H and O–H groups in total. The zero-order valence-corrected chi connectivity index (χ0v) is 8.55. The Morgan fingerprint density at radius 3 is 2.92 bits per heavy atom. The lowest BCUT2D eigenvalue weighted by molar-refractivity contribution is 0.970. The minimum absolute atomic E-state index is 0.145. The fourth-order valence-electron chi connectivity index (χ4n) is 1.27. The summed E-state index contributed by atoms with van der Waals surface area (Å²) < 4.78 is 0.954. The second kappa shape index (κ2) is 2.96. The predicted octanol–water partition coefficient (Wildman–Crippen LogP) is 1.99. The molecule has 0 saturated carbocycles. The fraction of sp³-hybridized carbons (Fsp3) is 0.111. The number of halogens is 1. The molecule has 3 nitrogen and oxygen atoms in total. The smallest absolute Gasteiger partial charge is 0.267 e. The van der Waals surface area contributed by atoms with Crippen molar-refractivity contribution >= 4 is 26.7 Å². The van der Waals surface area contributed by atoms with Gasteiger partial charge in [0.05, 0.1) is 11.1 Å². The molecule has 0 aliphatic carbocycles. The van der Waals surface area contributed by atoms with E-state index in [0.717, 1.165) is 15.6 Å². The van der Waals surface area contributed by atoms with Gasteiger partial charge in [-0.2, -0.15) is 5.10 Å². The topological polar surface area (TPSA) is 45.8 Å². The Balaban J connectivity index is 3.01. The maximum absolute atomic E-state index is 11.3.